The molecule has 8 heteroatoms. The molecule has 1 heterocycles. The first-order valence-corrected chi connectivity index (χ1v) is 11.5. The second-order valence-corrected chi connectivity index (χ2v) is 9.25. The molecule has 0 saturated heterocycles. The van der Waals surface area contributed by atoms with E-state index in [1.807, 2.05) is 31.2 Å². The van der Waals surface area contributed by atoms with Crippen LogP contribution in [0.2, 0.25) is 5.02 Å². The molecule has 1 saturated carbocycles. The van der Waals surface area contributed by atoms with Crippen LogP contribution in [0.1, 0.15) is 44.2 Å². The van der Waals surface area contributed by atoms with Gasteiger partial charge >= 0.3 is 0 Å². The van der Waals surface area contributed by atoms with Gasteiger partial charge in [0.1, 0.15) is 0 Å². The van der Waals surface area contributed by atoms with Crippen LogP contribution in [0.15, 0.2) is 53.7 Å². The van der Waals surface area contributed by atoms with Gasteiger partial charge in [-0.05, 0) is 50.1 Å². The van der Waals surface area contributed by atoms with E-state index in [9.17, 15) is 4.79 Å². The van der Waals surface area contributed by atoms with Gasteiger partial charge in [0, 0.05) is 17.3 Å². The highest BCUT2D eigenvalue weighted by molar-refractivity contribution is 8.00. The van der Waals surface area contributed by atoms with E-state index in [0.29, 0.717) is 22.3 Å². The van der Waals surface area contributed by atoms with Crippen molar-refractivity contribution in [3.8, 4) is 17.5 Å². The van der Waals surface area contributed by atoms with E-state index < -0.39 is 5.25 Å². The van der Waals surface area contributed by atoms with Crippen LogP contribution in [0.4, 0.5) is 5.69 Å². The number of aromatic nitrogens is 3. The number of halogens is 1. The third-order valence-corrected chi connectivity index (χ3v) is 6.77. The zero-order chi connectivity index (χ0) is 21.8. The quantitative estimate of drug-likeness (QED) is 0.485. The minimum atomic E-state index is -0.394. The lowest BCUT2D eigenvalue weighted by molar-refractivity contribution is -0.115. The number of thioether (sulfide) groups is 1. The van der Waals surface area contributed by atoms with Gasteiger partial charge in [0.2, 0.25) is 5.91 Å². The number of benzene rings is 2. The van der Waals surface area contributed by atoms with Gasteiger partial charge in [0.25, 0.3) is 0 Å². The number of anilines is 1. The number of nitrogens with zero attached hydrogens (tertiary/aromatic N) is 4. The number of hydrogen-bond acceptors (Lipinski definition) is 5. The molecule has 4 rings (SSSR count). The molecule has 158 valence electrons. The van der Waals surface area contributed by atoms with Gasteiger partial charge in [-0.2, -0.15) is 5.26 Å². The van der Waals surface area contributed by atoms with E-state index in [0.717, 1.165) is 29.4 Å². The van der Waals surface area contributed by atoms with Gasteiger partial charge in [-0.25, -0.2) is 0 Å². The van der Waals surface area contributed by atoms with E-state index in [2.05, 4.69) is 26.2 Å². The van der Waals surface area contributed by atoms with Crippen LogP contribution in [0.3, 0.4) is 0 Å². The van der Waals surface area contributed by atoms with Crippen molar-refractivity contribution in [2.24, 2.45) is 0 Å². The summed E-state index contributed by atoms with van der Waals surface area (Å²) < 4.78 is 2.15. The Balaban J connectivity index is 1.58. The summed E-state index contributed by atoms with van der Waals surface area (Å²) in [5.74, 6) is 0.592. The zero-order valence-electron chi connectivity index (χ0n) is 17.1. The number of hydrogen-bond donors (Lipinski definition) is 1. The number of amides is 1. The van der Waals surface area contributed by atoms with Crippen LogP contribution >= 0.6 is 23.4 Å². The summed E-state index contributed by atoms with van der Waals surface area (Å²) in [7, 11) is 0. The van der Waals surface area contributed by atoms with E-state index in [1.54, 1.807) is 24.3 Å². The summed E-state index contributed by atoms with van der Waals surface area (Å²) >= 11 is 7.83. The highest BCUT2D eigenvalue weighted by atomic mass is 35.5. The average Bonchev–Trinajstić information content (AvgIpc) is 3.44. The number of nitriles is 1. The largest absolute Gasteiger partial charge is 0.325 e. The first-order valence-electron chi connectivity index (χ1n) is 10.2. The number of carbonyl (C=O) groups is 1. The lowest BCUT2D eigenvalue weighted by Crippen LogP contribution is -2.23. The third kappa shape index (κ3) is 4.76. The van der Waals surface area contributed by atoms with Crippen molar-refractivity contribution in [2.75, 3.05) is 5.32 Å². The number of rotatable bonds is 6. The molecule has 3 aromatic rings. The van der Waals surface area contributed by atoms with Crippen molar-refractivity contribution in [3.63, 3.8) is 0 Å². The molecule has 0 spiro atoms. The molecule has 31 heavy (non-hydrogen) atoms. The van der Waals surface area contributed by atoms with Crippen LogP contribution < -0.4 is 5.32 Å². The van der Waals surface area contributed by atoms with Crippen molar-refractivity contribution in [1.82, 2.24) is 14.8 Å². The molecule has 1 aliphatic rings. The van der Waals surface area contributed by atoms with Crippen LogP contribution in [0.5, 0.6) is 0 Å². The van der Waals surface area contributed by atoms with Crippen LogP contribution in [0, 0.1) is 11.3 Å². The van der Waals surface area contributed by atoms with Gasteiger partial charge in [-0.1, -0.05) is 54.4 Å². The summed E-state index contributed by atoms with van der Waals surface area (Å²) in [5.41, 5.74) is 1.95. The Bertz CT molecular complexity index is 1130. The Kier molecular flexibility index (Phi) is 6.59. The maximum atomic E-state index is 12.8. The molecule has 1 fully saturated rings. The Morgan fingerprint density at radius 2 is 2.00 bits per heavy atom. The van der Waals surface area contributed by atoms with Crippen LogP contribution in [0.25, 0.3) is 11.4 Å². The SMILES string of the molecule is CC(Sc1nnc(-c2ccccc2Cl)n1C1CCCC1)C(=O)Nc1cccc(C#N)c1. The summed E-state index contributed by atoms with van der Waals surface area (Å²) in [6, 6.07) is 16.9. The van der Waals surface area contributed by atoms with E-state index in [1.165, 1.54) is 24.6 Å². The molecule has 1 unspecified atom stereocenters. The Morgan fingerprint density at radius 1 is 1.23 bits per heavy atom. The van der Waals surface area contributed by atoms with Crippen molar-refractivity contribution in [3.05, 3.63) is 59.1 Å². The van der Waals surface area contributed by atoms with Crippen LogP contribution in [-0.2, 0) is 4.79 Å². The second kappa shape index (κ2) is 9.54. The smallest absolute Gasteiger partial charge is 0.237 e. The number of nitrogens with one attached hydrogen (secondary N) is 1. The highest BCUT2D eigenvalue weighted by Crippen LogP contribution is 2.39. The van der Waals surface area contributed by atoms with Gasteiger partial charge in [0.15, 0.2) is 11.0 Å². The lowest BCUT2D eigenvalue weighted by atomic mass is 10.2. The maximum absolute atomic E-state index is 12.8. The maximum Gasteiger partial charge on any atom is 0.237 e. The topological polar surface area (TPSA) is 83.6 Å². The molecule has 1 aliphatic carbocycles. The van der Waals surface area contributed by atoms with Crippen molar-refractivity contribution in [2.45, 2.75) is 49.1 Å². The molecule has 1 N–H and O–H groups in total. The first-order chi connectivity index (χ1) is 15.1. The Hall–Kier alpha value is -2.82. The summed E-state index contributed by atoms with van der Waals surface area (Å²) in [6.07, 6.45) is 4.45. The Morgan fingerprint density at radius 3 is 2.74 bits per heavy atom. The van der Waals surface area contributed by atoms with Gasteiger partial charge in [-0.3, -0.25) is 9.36 Å². The fourth-order valence-electron chi connectivity index (χ4n) is 3.80. The van der Waals surface area contributed by atoms with Gasteiger partial charge < -0.3 is 5.32 Å². The monoisotopic (exact) mass is 451 g/mol. The fraction of sp³-hybridized carbons (Fsp3) is 0.304. The predicted octanol–water partition coefficient (Wildman–Crippen LogP) is 5.70. The molecule has 1 aromatic heterocycles. The molecule has 1 amide bonds. The second-order valence-electron chi connectivity index (χ2n) is 7.54. The zero-order valence-corrected chi connectivity index (χ0v) is 18.7. The minimum Gasteiger partial charge on any atom is -0.325 e. The summed E-state index contributed by atoms with van der Waals surface area (Å²) in [6.45, 7) is 1.84. The molecule has 2 aromatic carbocycles. The summed E-state index contributed by atoms with van der Waals surface area (Å²) in [5, 5.41) is 21.8. The predicted molar refractivity (Wildman–Crippen MR) is 123 cm³/mol. The number of carbonyl (C=O) groups excluding carboxylic acids is 1. The van der Waals surface area contributed by atoms with Crippen molar-refractivity contribution < 1.29 is 4.79 Å². The highest BCUT2D eigenvalue weighted by Gasteiger charge is 2.28. The fourth-order valence-corrected chi connectivity index (χ4v) is 4.94. The molecular formula is C23H22ClN5OS. The van der Waals surface area contributed by atoms with E-state index >= 15 is 0 Å². The molecular weight excluding hydrogens is 430 g/mol. The third-order valence-electron chi connectivity index (χ3n) is 5.38. The first kappa shape index (κ1) is 21.4. The van der Waals surface area contributed by atoms with Crippen molar-refractivity contribution >= 4 is 35.0 Å². The van der Waals surface area contributed by atoms with E-state index in [-0.39, 0.29) is 5.91 Å². The van der Waals surface area contributed by atoms with Gasteiger partial charge in [0.05, 0.1) is 21.9 Å². The van der Waals surface area contributed by atoms with Crippen LogP contribution in [-0.4, -0.2) is 25.9 Å². The van der Waals surface area contributed by atoms with Crippen molar-refractivity contribution in [1.29, 1.82) is 5.26 Å². The molecule has 0 bridgehead atoms. The standard InChI is InChI=1S/C23H22ClN5OS/c1-15(22(30)26-17-8-6-7-16(13-17)14-25)31-23-28-27-21(19-11-4-5-12-20(19)24)29(23)18-9-2-3-10-18/h4-8,11-13,15,18H,2-3,9-10H2,1H3,(H,26,30). The van der Waals surface area contributed by atoms with E-state index in [4.69, 9.17) is 16.9 Å². The van der Waals surface area contributed by atoms with Gasteiger partial charge in [-0.15, -0.1) is 10.2 Å². The molecule has 0 radical (unpaired) electrons. The Labute approximate surface area is 190 Å². The minimum absolute atomic E-state index is 0.152. The molecule has 0 aliphatic heterocycles. The molecule has 1 atom stereocenters. The average molecular weight is 452 g/mol. The lowest BCUT2D eigenvalue weighted by Gasteiger charge is -2.19. The normalized spacial score (nSPS) is 14.9. The molecule has 6 nitrogen and oxygen atoms in total. The summed E-state index contributed by atoms with van der Waals surface area (Å²) in [4.78, 5) is 12.8.